The van der Waals surface area contributed by atoms with E-state index in [1.165, 1.54) is 23.3 Å². The number of hydrogen-bond donors (Lipinski definition) is 1. The molecule has 0 saturated heterocycles. The van der Waals surface area contributed by atoms with Crippen molar-refractivity contribution in [1.82, 2.24) is 5.32 Å². The van der Waals surface area contributed by atoms with Gasteiger partial charge in [0.05, 0.1) is 18.5 Å². The Bertz CT molecular complexity index is 1080. The fourth-order valence-electron chi connectivity index (χ4n) is 3.71. The van der Waals surface area contributed by atoms with Crippen LogP contribution < -0.4 is 15.9 Å². The van der Waals surface area contributed by atoms with Gasteiger partial charge in [-0.1, -0.05) is 103 Å². The van der Waals surface area contributed by atoms with Crippen molar-refractivity contribution in [2.45, 2.75) is 12.3 Å². The molecule has 4 aromatic rings. The molecular formula is C28H26NO2P. The van der Waals surface area contributed by atoms with E-state index in [4.69, 9.17) is 4.74 Å². The lowest BCUT2D eigenvalue weighted by Gasteiger charge is -2.30. The molecule has 4 rings (SSSR count). The minimum atomic E-state index is -0.743. The van der Waals surface area contributed by atoms with Crippen LogP contribution in [0.15, 0.2) is 115 Å². The second-order valence-corrected chi connectivity index (χ2v) is 9.71. The molecule has 1 unspecified atom stereocenters. The fraction of sp³-hybridized carbons (Fsp3) is 0.107. The molecule has 160 valence electrons. The Balaban J connectivity index is 1.75. The first-order valence-corrected chi connectivity index (χ1v) is 12.0. The maximum Gasteiger partial charge on any atom is 0.337 e. The third kappa shape index (κ3) is 5.31. The molecule has 0 fully saturated rings. The molecule has 0 spiro atoms. The molecule has 0 amide bonds. The minimum absolute atomic E-state index is 0.0710. The second-order valence-electron chi connectivity index (χ2n) is 7.42. The van der Waals surface area contributed by atoms with Gasteiger partial charge in [0.15, 0.2) is 0 Å². The highest BCUT2D eigenvalue weighted by Gasteiger charge is 2.26. The molecule has 0 radical (unpaired) electrons. The SMILES string of the molecule is COC(=O)c1ccc(C(NCc2ccccc2)P(c2ccccc2)c2ccccc2)cc1. The van der Waals surface area contributed by atoms with Crippen molar-refractivity contribution in [2.24, 2.45) is 0 Å². The van der Waals surface area contributed by atoms with Crippen LogP contribution in [0.2, 0.25) is 0 Å². The van der Waals surface area contributed by atoms with E-state index in [0.29, 0.717) is 5.56 Å². The molecule has 0 heterocycles. The van der Waals surface area contributed by atoms with Crippen LogP contribution in [-0.4, -0.2) is 13.1 Å². The van der Waals surface area contributed by atoms with Gasteiger partial charge in [-0.3, -0.25) is 0 Å². The van der Waals surface area contributed by atoms with Crippen molar-refractivity contribution >= 4 is 24.5 Å². The van der Waals surface area contributed by atoms with Crippen molar-refractivity contribution in [3.05, 3.63) is 132 Å². The second kappa shape index (κ2) is 10.9. The molecule has 0 saturated carbocycles. The molecule has 0 aliphatic heterocycles. The number of carbonyl (C=O) groups excluding carboxylic acids is 1. The molecule has 0 aromatic heterocycles. The van der Waals surface area contributed by atoms with Gasteiger partial charge < -0.3 is 10.1 Å². The average molecular weight is 439 g/mol. The lowest BCUT2D eigenvalue weighted by molar-refractivity contribution is 0.0600. The van der Waals surface area contributed by atoms with Crippen LogP contribution >= 0.6 is 7.92 Å². The fourth-order valence-corrected chi connectivity index (χ4v) is 6.34. The first kappa shape index (κ1) is 22.0. The lowest BCUT2D eigenvalue weighted by Crippen LogP contribution is -2.27. The normalized spacial score (nSPS) is 11.8. The number of methoxy groups -OCH3 is 1. The van der Waals surface area contributed by atoms with Crippen LogP contribution in [0.4, 0.5) is 0 Å². The lowest BCUT2D eigenvalue weighted by atomic mass is 10.1. The third-order valence-corrected chi connectivity index (χ3v) is 8.02. The predicted molar refractivity (Wildman–Crippen MR) is 133 cm³/mol. The maximum absolute atomic E-state index is 11.9. The van der Waals surface area contributed by atoms with Gasteiger partial charge in [-0.25, -0.2) is 4.79 Å². The summed E-state index contributed by atoms with van der Waals surface area (Å²) in [4.78, 5) is 11.9. The summed E-state index contributed by atoms with van der Waals surface area (Å²) >= 11 is 0. The van der Waals surface area contributed by atoms with Crippen molar-refractivity contribution in [2.75, 3.05) is 7.11 Å². The van der Waals surface area contributed by atoms with Crippen molar-refractivity contribution in [3.63, 3.8) is 0 Å². The van der Waals surface area contributed by atoms with Crippen molar-refractivity contribution in [1.29, 1.82) is 0 Å². The average Bonchev–Trinajstić information content (AvgIpc) is 2.88. The number of esters is 1. The Morgan fingerprint density at radius 3 is 1.75 bits per heavy atom. The molecule has 0 bridgehead atoms. The van der Waals surface area contributed by atoms with E-state index < -0.39 is 7.92 Å². The standard InChI is InChI=1S/C28H26NO2P/c1-31-28(30)24-19-17-23(18-20-24)27(29-21-22-11-5-2-6-12-22)32(25-13-7-3-8-14-25)26-15-9-4-10-16-26/h2-20,27,29H,21H2,1H3. The summed E-state index contributed by atoms with van der Waals surface area (Å²) in [6.07, 6.45) is 0. The predicted octanol–water partition coefficient (Wildman–Crippen LogP) is 5.39. The van der Waals surface area contributed by atoms with Crippen LogP contribution in [0.1, 0.15) is 27.3 Å². The maximum atomic E-state index is 11.9. The number of hydrogen-bond acceptors (Lipinski definition) is 3. The first-order valence-electron chi connectivity index (χ1n) is 10.6. The summed E-state index contributed by atoms with van der Waals surface area (Å²) in [6, 6.07) is 39.5. The molecule has 0 aliphatic carbocycles. The van der Waals surface area contributed by atoms with E-state index in [9.17, 15) is 4.79 Å². The van der Waals surface area contributed by atoms with Gasteiger partial charge in [0, 0.05) is 6.54 Å². The molecule has 1 N–H and O–H groups in total. The van der Waals surface area contributed by atoms with Crippen LogP contribution in [0, 0.1) is 0 Å². The highest BCUT2D eigenvalue weighted by Crippen LogP contribution is 2.47. The minimum Gasteiger partial charge on any atom is -0.465 e. The van der Waals surface area contributed by atoms with Gasteiger partial charge in [-0.2, -0.15) is 0 Å². The van der Waals surface area contributed by atoms with Crippen LogP contribution in [0.5, 0.6) is 0 Å². The largest absolute Gasteiger partial charge is 0.465 e. The number of nitrogens with one attached hydrogen (secondary N) is 1. The molecule has 4 aromatic carbocycles. The summed E-state index contributed by atoms with van der Waals surface area (Å²) < 4.78 is 4.88. The van der Waals surface area contributed by atoms with Gasteiger partial charge in [0.25, 0.3) is 0 Å². The highest BCUT2D eigenvalue weighted by atomic mass is 31.1. The zero-order valence-corrected chi connectivity index (χ0v) is 18.9. The van der Waals surface area contributed by atoms with Crippen LogP contribution in [0.3, 0.4) is 0 Å². The zero-order chi connectivity index (χ0) is 22.2. The number of benzene rings is 4. The Labute approximate surface area is 190 Å². The highest BCUT2D eigenvalue weighted by molar-refractivity contribution is 7.73. The van der Waals surface area contributed by atoms with Gasteiger partial charge in [-0.05, 0) is 41.8 Å². The zero-order valence-electron chi connectivity index (χ0n) is 18.0. The smallest absolute Gasteiger partial charge is 0.337 e. The molecule has 4 heteroatoms. The molecule has 1 atom stereocenters. The van der Waals surface area contributed by atoms with E-state index in [1.54, 1.807) is 0 Å². The van der Waals surface area contributed by atoms with E-state index in [-0.39, 0.29) is 11.8 Å². The van der Waals surface area contributed by atoms with E-state index in [1.807, 2.05) is 30.3 Å². The number of carbonyl (C=O) groups is 1. The molecular weight excluding hydrogens is 413 g/mol. The Kier molecular flexibility index (Phi) is 7.45. The Morgan fingerprint density at radius 2 is 1.25 bits per heavy atom. The van der Waals surface area contributed by atoms with E-state index in [2.05, 4.69) is 90.2 Å². The van der Waals surface area contributed by atoms with E-state index >= 15 is 0 Å². The summed E-state index contributed by atoms with van der Waals surface area (Å²) in [5, 5.41) is 6.43. The van der Waals surface area contributed by atoms with Crippen LogP contribution in [0.25, 0.3) is 0 Å². The summed E-state index contributed by atoms with van der Waals surface area (Å²) in [5.41, 5.74) is 2.94. The number of rotatable bonds is 8. The Hall–Kier alpha value is -3.26. The van der Waals surface area contributed by atoms with Gasteiger partial charge in [0.2, 0.25) is 0 Å². The van der Waals surface area contributed by atoms with E-state index in [0.717, 1.165) is 12.1 Å². The van der Waals surface area contributed by atoms with Gasteiger partial charge in [0.1, 0.15) is 0 Å². The van der Waals surface area contributed by atoms with Crippen LogP contribution in [-0.2, 0) is 11.3 Å². The Morgan fingerprint density at radius 1 is 0.750 bits per heavy atom. The van der Waals surface area contributed by atoms with Gasteiger partial charge in [-0.15, -0.1) is 0 Å². The number of ether oxygens (including phenoxy) is 1. The third-order valence-electron chi connectivity index (χ3n) is 5.32. The summed E-state index contributed by atoms with van der Waals surface area (Å²) in [5.74, 6) is -0.250. The molecule has 3 nitrogen and oxygen atoms in total. The quantitative estimate of drug-likeness (QED) is 0.295. The molecule has 0 aliphatic rings. The van der Waals surface area contributed by atoms with Gasteiger partial charge >= 0.3 is 5.97 Å². The molecule has 32 heavy (non-hydrogen) atoms. The monoisotopic (exact) mass is 439 g/mol. The van der Waals surface area contributed by atoms with Crippen molar-refractivity contribution < 1.29 is 9.53 Å². The summed E-state index contributed by atoms with van der Waals surface area (Å²) in [6.45, 7) is 0.753. The topological polar surface area (TPSA) is 38.3 Å². The van der Waals surface area contributed by atoms with Crippen molar-refractivity contribution in [3.8, 4) is 0 Å². The first-order chi connectivity index (χ1) is 15.8. The summed E-state index contributed by atoms with van der Waals surface area (Å²) in [7, 11) is 0.665.